The van der Waals surface area contributed by atoms with Gasteiger partial charge < -0.3 is 5.32 Å². The zero-order valence-corrected chi connectivity index (χ0v) is 13.4. The predicted molar refractivity (Wildman–Crippen MR) is 81.5 cm³/mol. The monoisotopic (exact) mass is 318 g/mol. The summed E-state index contributed by atoms with van der Waals surface area (Å²) in [7, 11) is -1.47. The fourth-order valence-corrected chi connectivity index (χ4v) is 4.57. The lowest BCUT2D eigenvalue weighted by atomic mass is 10.4. The molecule has 2 rings (SSSR count). The van der Waals surface area contributed by atoms with E-state index in [1.807, 2.05) is 18.8 Å². The molecular formula is C12H22N4O2S2. The van der Waals surface area contributed by atoms with E-state index < -0.39 is 10.0 Å². The minimum Gasteiger partial charge on any atom is -0.320 e. The topological polar surface area (TPSA) is 67.2 Å². The SMILES string of the molecule is CNCCCn1cc(S(=O)(=O)N2CCCSCC2)cn1. The van der Waals surface area contributed by atoms with Crippen LogP contribution in [0.1, 0.15) is 12.8 Å². The smallest absolute Gasteiger partial charge is 0.246 e. The molecule has 0 spiro atoms. The first-order valence-electron chi connectivity index (χ1n) is 6.89. The van der Waals surface area contributed by atoms with Gasteiger partial charge in [-0.25, -0.2) is 8.42 Å². The van der Waals surface area contributed by atoms with Crippen LogP contribution in [0.25, 0.3) is 0 Å². The molecule has 1 N–H and O–H groups in total. The quantitative estimate of drug-likeness (QED) is 0.779. The third kappa shape index (κ3) is 3.97. The van der Waals surface area contributed by atoms with Crippen molar-refractivity contribution in [3.8, 4) is 0 Å². The molecule has 1 aromatic heterocycles. The molecule has 0 bridgehead atoms. The van der Waals surface area contributed by atoms with Gasteiger partial charge in [-0.05, 0) is 32.2 Å². The molecule has 114 valence electrons. The van der Waals surface area contributed by atoms with Gasteiger partial charge in [0.1, 0.15) is 4.90 Å². The van der Waals surface area contributed by atoms with E-state index in [1.54, 1.807) is 15.2 Å². The Morgan fingerprint density at radius 3 is 3.05 bits per heavy atom. The molecule has 2 heterocycles. The van der Waals surface area contributed by atoms with Crippen molar-refractivity contribution in [3.63, 3.8) is 0 Å². The van der Waals surface area contributed by atoms with Crippen molar-refractivity contribution in [2.24, 2.45) is 0 Å². The van der Waals surface area contributed by atoms with Crippen LogP contribution in [0.4, 0.5) is 0 Å². The van der Waals surface area contributed by atoms with Crippen molar-refractivity contribution in [2.45, 2.75) is 24.3 Å². The minimum absolute atomic E-state index is 0.314. The fraction of sp³-hybridized carbons (Fsp3) is 0.750. The lowest BCUT2D eigenvalue weighted by molar-refractivity contribution is 0.435. The third-order valence-electron chi connectivity index (χ3n) is 3.24. The van der Waals surface area contributed by atoms with Crippen molar-refractivity contribution in [1.82, 2.24) is 19.4 Å². The molecule has 0 unspecified atom stereocenters. The molecule has 0 saturated carbocycles. The molecule has 1 fully saturated rings. The number of sulfonamides is 1. The summed E-state index contributed by atoms with van der Waals surface area (Å²) in [6.07, 6.45) is 4.95. The zero-order chi connectivity index (χ0) is 14.4. The average molecular weight is 318 g/mol. The van der Waals surface area contributed by atoms with Crippen LogP contribution in [0, 0.1) is 0 Å². The lowest BCUT2D eigenvalue weighted by Crippen LogP contribution is -2.32. The van der Waals surface area contributed by atoms with Gasteiger partial charge in [0.15, 0.2) is 0 Å². The summed E-state index contributed by atoms with van der Waals surface area (Å²) in [6.45, 7) is 2.83. The van der Waals surface area contributed by atoms with Gasteiger partial charge in [0.25, 0.3) is 0 Å². The highest BCUT2D eigenvalue weighted by atomic mass is 32.2. The first-order chi connectivity index (χ1) is 9.64. The van der Waals surface area contributed by atoms with E-state index in [0.717, 1.165) is 37.4 Å². The van der Waals surface area contributed by atoms with Gasteiger partial charge in [0, 0.05) is 31.6 Å². The summed E-state index contributed by atoms with van der Waals surface area (Å²) >= 11 is 1.82. The molecule has 20 heavy (non-hydrogen) atoms. The number of aromatic nitrogens is 2. The summed E-state index contributed by atoms with van der Waals surface area (Å²) in [5.74, 6) is 1.91. The van der Waals surface area contributed by atoms with Crippen LogP contribution in [0.2, 0.25) is 0 Å². The van der Waals surface area contributed by atoms with Crippen LogP contribution >= 0.6 is 11.8 Å². The second-order valence-electron chi connectivity index (χ2n) is 4.77. The molecule has 0 amide bonds. The Morgan fingerprint density at radius 2 is 2.25 bits per heavy atom. The first kappa shape index (κ1) is 15.8. The van der Waals surface area contributed by atoms with E-state index >= 15 is 0 Å². The molecule has 0 radical (unpaired) electrons. The summed E-state index contributed by atoms with van der Waals surface area (Å²) < 4.78 is 28.4. The van der Waals surface area contributed by atoms with Gasteiger partial charge >= 0.3 is 0 Å². The number of aryl methyl sites for hydroxylation is 1. The van der Waals surface area contributed by atoms with Gasteiger partial charge in [-0.15, -0.1) is 0 Å². The van der Waals surface area contributed by atoms with Crippen molar-refractivity contribution in [3.05, 3.63) is 12.4 Å². The second kappa shape index (κ2) is 7.44. The molecule has 0 aromatic carbocycles. The fourth-order valence-electron chi connectivity index (χ4n) is 2.13. The number of nitrogens with zero attached hydrogens (tertiary/aromatic N) is 3. The Morgan fingerprint density at radius 1 is 1.40 bits per heavy atom. The van der Waals surface area contributed by atoms with E-state index in [-0.39, 0.29) is 0 Å². The molecule has 8 heteroatoms. The van der Waals surface area contributed by atoms with E-state index in [2.05, 4.69) is 10.4 Å². The third-order valence-corrected chi connectivity index (χ3v) is 6.14. The Bertz CT molecular complexity index is 507. The van der Waals surface area contributed by atoms with E-state index in [9.17, 15) is 8.42 Å². The van der Waals surface area contributed by atoms with Gasteiger partial charge in [0.05, 0.1) is 6.20 Å². The molecule has 6 nitrogen and oxygen atoms in total. The normalized spacial score (nSPS) is 18.1. The van der Waals surface area contributed by atoms with Crippen LogP contribution in [-0.4, -0.2) is 60.7 Å². The summed E-state index contributed by atoms with van der Waals surface area (Å²) in [6, 6.07) is 0. The number of hydrogen-bond acceptors (Lipinski definition) is 5. The van der Waals surface area contributed by atoms with E-state index in [1.165, 1.54) is 6.20 Å². The van der Waals surface area contributed by atoms with Crippen LogP contribution in [-0.2, 0) is 16.6 Å². The minimum atomic E-state index is -3.37. The van der Waals surface area contributed by atoms with Crippen LogP contribution < -0.4 is 5.32 Å². The maximum atomic E-state index is 12.5. The maximum absolute atomic E-state index is 12.5. The second-order valence-corrected chi connectivity index (χ2v) is 7.93. The Balaban J connectivity index is 2.05. The number of rotatable bonds is 6. The lowest BCUT2D eigenvalue weighted by Gasteiger charge is -2.18. The van der Waals surface area contributed by atoms with E-state index in [0.29, 0.717) is 18.0 Å². The highest BCUT2D eigenvalue weighted by Gasteiger charge is 2.26. The van der Waals surface area contributed by atoms with Crippen LogP contribution in [0.5, 0.6) is 0 Å². The van der Waals surface area contributed by atoms with Gasteiger partial charge in [0.2, 0.25) is 10.0 Å². The Labute approximate surface area is 125 Å². The molecule has 1 aliphatic heterocycles. The van der Waals surface area contributed by atoms with Gasteiger partial charge in [-0.1, -0.05) is 0 Å². The first-order valence-corrected chi connectivity index (χ1v) is 9.49. The van der Waals surface area contributed by atoms with Crippen molar-refractivity contribution in [2.75, 3.05) is 38.2 Å². The molecule has 0 atom stereocenters. The highest BCUT2D eigenvalue weighted by molar-refractivity contribution is 7.99. The van der Waals surface area contributed by atoms with Crippen molar-refractivity contribution < 1.29 is 8.42 Å². The number of nitrogens with one attached hydrogen (secondary N) is 1. The highest BCUT2D eigenvalue weighted by Crippen LogP contribution is 2.19. The maximum Gasteiger partial charge on any atom is 0.246 e. The largest absolute Gasteiger partial charge is 0.320 e. The van der Waals surface area contributed by atoms with Crippen LogP contribution in [0.15, 0.2) is 17.3 Å². The number of thioether (sulfide) groups is 1. The summed E-state index contributed by atoms with van der Waals surface area (Å²) in [5, 5.41) is 7.21. The van der Waals surface area contributed by atoms with Crippen molar-refractivity contribution >= 4 is 21.8 Å². The summed E-state index contributed by atoms with van der Waals surface area (Å²) in [5.41, 5.74) is 0. The van der Waals surface area contributed by atoms with Crippen LogP contribution in [0.3, 0.4) is 0 Å². The predicted octanol–water partition coefficient (Wildman–Crippen LogP) is 0.620. The van der Waals surface area contributed by atoms with Gasteiger partial charge in [-0.3, -0.25) is 4.68 Å². The Hall–Kier alpha value is -0.570. The Kier molecular flexibility index (Phi) is 5.88. The average Bonchev–Trinajstić information content (AvgIpc) is 2.73. The van der Waals surface area contributed by atoms with Gasteiger partial charge in [-0.2, -0.15) is 21.2 Å². The summed E-state index contributed by atoms with van der Waals surface area (Å²) in [4.78, 5) is 0.314. The number of hydrogen-bond donors (Lipinski definition) is 1. The van der Waals surface area contributed by atoms with Crippen molar-refractivity contribution in [1.29, 1.82) is 0 Å². The molecule has 1 aliphatic rings. The molecule has 1 saturated heterocycles. The molecule has 0 aliphatic carbocycles. The zero-order valence-electron chi connectivity index (χ0n) is 11.8. The standard InChI is InChI=1S/C12H22N4O2S2/c1-13-4-2-5-15-11-12(10-14-15)20(17,18)16-6-3-8-19-9-7-16/h10-11,13H,2-9H2,1H3. The molecule has 1 aromatic rings. The molecular weight excluding hydrogens is 296 g/mol. The van der Waals surface area contributed by atoms with E-state index in [4.69, 9.17) is 0 Å².